The Kier molecular flexibility index (Phi) is 4.57. The van der Waals surface area contributed by atoms with Crippen LogP contribution in [-0.2, 0) is 9.53 Å². The molecule has 0 amide bonds. The molecule has 0 aliphatic heterocycles. The molecule has 106 valence electrons. The monoisotopic (exact) mass is 294 g/mol. The third-order valence-corrected chi connectivity index (χ3v) is 3.45. The van der Waals surface area contributed by atoms with Crippen LogP contribution in [-0.4, -0.2) is 43.1 Å². The van der Waals surface area contributed by atoms with Gasteiger partial charge >= 0.3 is 5.97 Å². The zero-order valence-electron chi connectivity index (χ0n) is 11.1. The number of aromatic nitrogens is 4. The highest BCUT2D eigenvalue weighted by atomic mass is 32.2. The zero-order chi connectivity index (χ0) is 14.5. The molecule has 7 nitrogen and oxygen atoms in total. The van der Waals surface area contributed by atoms with Gasteiger partial charge < -0.3 is 9.84 Å². The molecule has 8 heteroatoms. The van der Waals surface area contributed by atoms with Gasteiger partial charge in [-0.15, -0.1) is 5.10 Å². The Hall–Kier alpha value is -2.09. The number of tetrazole rings is 1. The molecule has 2 rings (SSSR count). The minimum absolute atomic E-state index is 0.163. The molecule has 1 aromatic heterocycles. The number of carbonyl (C=O) groups excluding carboxylic acids is 1. The second-order valence-electron chi connectivity index (χ2n) is 3.90. The molecule has 1 N–H and O–H groups in total. The van der Waals surface area contributed by atoms with Crippen LogP contribution in [0.15, 0.2) is 29.4 Å². The minimum Gasteiger partial charge on any atom is -0.508 e. The molecule has 1 heterocycles. The standard InChI is InChI=1S/C12H14N4O3S/c1-3-19-11(18)8(2)20-12-13-14-15-16(12)9-4-6-10(17)7-5-9/h4-8,17H,3H2,1-2H3/t8-/m0/s1. The quantitative estimate of drug-likeness (QED) is 0.658. The number of phenolic OH excluding ortho intramolecular Hbond substituents is 1. The van der Waals surface area contributed by atoms with Gasteiger partial charge in [0.15, 0.2) is 0 Å². The summed E-state index contributed by atoms with van der Waals surface area (Å²) in [5, 5.41) is 20.7. The van der Waals surface area contributed by atoms with Crippen molar-refractivity contribution in [1.29, 1.82) is 0 Å². The topological polar surface area (TPSA) is 90.1 Å². The van der Waals surface area contributed by atoms with Crippen molar-refractivity contribution in [3.63, 3.8) is 0 Å². The lowest BCUT2D eigenvalue weighted by molar-refractivity contribution is -0.142. The maximum absolute atomic E-state index is 11.6. The van der Waals surface area contributed by atoms with Crippen LogP contribution in [0.4, 0.5) is 0 Å². The van der Waals surface area contributed by atoms with Crippen molar-refractivity contribution in [2.24, 2.45) is 0 Å². The summed E-state index contributed by atoms with van der Waals surface area (Å²) in [6.45, 7) is 3.83. The highest BCUT2D eigenvalue weighted by Crippen LogP contribution is 2.24. The van der Waals surface area contributed by atoms with E-state index in [-0.39, 0.29) is 11.7 Å². The van der Waals surface area contributed by atoms with Gasteiger partial charge in [0, 0.05) is 0 Å². The van der Waals surface area contributed by atoms with Crippen LogP contribution in [0.5, 0.6) is 5.75 Å². The average Bonchev–Trinajstić information content (AvgIpc) is 2.88. The minimum atomic E-state index is -0.406. The molecular weight excluding hydrogens is 280 g/mol. The molecule has 0 aliphatic rings. The number of phenols is 1. The highest BCUT2D eigenvalue weighted by molar-refractivity contribution is 8.00. The van der Waals surface area contributed by atoms with E-state index in [1.165, 1.54) is 16.4 Å². The van der Waals surface area contributed by atoms with E-state index in [0.717, 1.165) is 0 Å². The Morgan fingerprint density at radius 3 is 2.80 bits per heavy atom. The summed E-state index contributed by atoms with van der Waals surface area (Å²) in [6, 6.07) is 6.45. The summed E-state index contributed by atoms with van der Waals surface area (Å²) < 4.78 is 6.44. The van der Waals surface area contributed by atoms with Crippen molar-refractivity contribution >= 4 is 17.7 Å². The number of benzene rings is 1. The molecule has 0 unspecified atom stereocenters. The molecular formula is C12H14N4O3S. The Morgan fingerprint density at radius 2 is 2.15 bits per heavy atom. The number of aromatic hydroxyl groups is 1. The number of ether oxygens (including phenoxy) is 1. The lowest BCUT2D eigenvalue weighted by Gasteiger charge is -2.09. The molecule has 0 saturated heterocycles. The number of hydrogen-bond acceptors (Lipinski definition) is 7. The van der Waals surface area contributed by atoms with Crippen LogP contribution < -0.4 is 0 Å². The summed E-state index contributed by atoms with van der Waals surface area (Å²) in [5.74, 6) is -0.145. The summed E-state index contributed by atoms with van der Waals surface area (Å²) in [4.78, 5) is 11.6. The molecule has 1 atom stereocenters. The maximum atomic E-state index is 11.6. The second kappa shape index (κ2) is 6.38. The van der Waals surface area contributed by atoms with E-state index < -0.39 is 5.25 Å². The van der Waals surface area contributed by atoms with Crippen LogP contribution in [0, 0.1) is 0 Å². The van der Waals surface area contributed by atoms with Crippen molar-refractivity contribution in [3.8, 4) is 11.4 Å². The van der Waals surface area contributed by atoms with Gasteiger partial charge in [-0.25, -0.2) is 0 Å². The summed E-state index contributed by atoms with van der Waals surface area (Å²) in [5.41, 5.74) is 0.700. The third-order valence-electron chi connectivity index (χ3n) is 2.44. The Morgan fingerprint density at radius 1 is 1.45 bits per heavy atom. The Balaban J connectivity index is 2.16. The fraction of sp³-hybridized carbons (Fsp3) is 0.333. The maximum Gasteiger partial charge on any atom is 0.319 e. The van der Waals surface area contributed by atoms with Gasteiger partial charge in [0.25, 0.3) is 0 Å². The van der Waals surface area contributed by atoms with Gasteiger partial charge in [-0.05, 0) is 48.5 Å². The molecule has 0 fully saturated rings. The van der Waals surface area contributed by atoms with Crippen LogP contribution >= 0.6 is 11.8 Å². The first-order valence-electron chi connectivity index (χ1n) is 6.03. The largest absolute Gasteiger partial charge is 0.508 e. The zero-order valence-corrected chi connectivity index (χ0v) is 11.9. The summed E-state index contributed by atoms with van der Waals surface area (Å²) in [6.07, 6.45) is 0. The van der Waals surface area contributed by atoms with E-state index in [1.54, 1.807) is 38.1 Å². The van der Waals surface area contributed by atoms with Gasteiger partial charge in [0.2, 0.25) is 5.16 Å². The molecule has 20 heavy (non-hydrogen) atoms. The van der Waals surface area contributed by atoms with E-state index in [9.17, 15) is 9.90 Å². The lowest BCUT2D eigenvalue weighted by atomic mass is 10.3. The molecule has 2 aromatic rings. The third kappa shape index (κ3) is 3.27. The number of hydrogen-bond donors (Lipinski definition) is 1. The predicted molar refractivity (Wildman–Crippen MR) is 72.8 cm³/mol. The number of rotatable bonds is 5. The van der Waals surface area contributed by atoms with Crippen LogP contribution in [0.2, 0.25) is 0 Å². The van der Waals surface area contributed by atoms with Crippen LogP contribution in [0.25, 0.3) is 5.69 Å². The van der Waals surface area contributed by atoms with Gasteiger partial charge in [-0.1, -0.05) is 11.8 Å². The molecule has 0 radical (unpaired) electrons. The number of esters is 1. The number of carbonyl (C=O) groups is 1. The number of thioether (sulfide) groups is 1. The van der Waals surface area contributed by atoms with Gasteiger partial charge in [0.1, 0.15) is 11.0 Å². The van der Waals surface area contributed by atoms with E-state index in [0.29, 0.717) is 17.5 Å². The number of nitrogens with zero attached hydrogens (tertiary/aromatic N) is 4. The summed E-state index contributed by atoms with van der Waals surface area (Å²) >= 11 is 1.21. The first-order valence-corrected chi connectivity index (χ1v) is 6.91. The molecule has 1 aromatic carbocycles. The van der Waals surface area contributed by atoms with Crippen molar-refractivity contribution in [2.45, 2.75) is 24.3 Å². The second-order valence-corrected chi connectivity index (χ2v) is 5.21. The molecule has 0 saturated carbocycles. The predicted octanol–water partition coefficient (Wildman–Crippen LogP) is 1.41. The normalized spacial score (nSPS) is 12.1. The van der Waals surface area contributed by atoms with E-state index in [4.69, 9.17) is 4.74 Å². The molecule has 0 bridgehead atoms. The molecule has 0 aliphatic carbocycles. The first-order chi connectivity index (χ1) is 9.61. The van der Waals surface area contributed by atoms with Gasteiger partial charge in [-0.3, -0.25) is 4.79 Å². The van der Waals surface area contributed by atoms with Crippen LogP contribution in [0.1, 0.15) is 13.8 Å². The molecule has 0 spiro atoms. The Labute approximate surface area is 119 Å². The van der Waals surface area contributed by atoms with E-state index >= 15 is 0 Å². The fourth-order valence-electron chi connectivity index (χ4n) is 1.47. The average molecular weight is 294 g/mol. The highest BCUT2D eigenvalue weighted by Gasteiger charge is 2.20. The Bertz CT molecular complexity index is 585. The van der Waals surface area contributed by atoms with Crippen molar-refractivity contribution in [1.82, 2.24) is 20.2 Å². The summed E-state index contributed by atoms with van der Waals surface area (Å²) in [7, 11) is 0. The van der Waals surface area contributed by atoms with Crippen molar-refractivity contribution in [2.75, 3.05) is 6.61 Å². The van der Waals surface area contributed by atoms with Crippen molar-refractivity contribution in [3.05, 3.63) is 24.3 Å². The van der Waals surface area contributed by atoms with Crippen LogP contribution in [0.3, 0.4) is 0 Å². The van der Waals surface area contributed by atoms with E-state index in [1.807, 2.05) is 0 Å². The van der Waals surface area contributed by atoms with Gasteiger partial charge in [-0.2, -0.15) is 4.68 Å². The fourth-order valence-corrected chi connectivity index (χ4v) is 2.28. The SMILES string of the molecule is CCOC(=O)[C@H](C)Sc1nnnn1-c1ccc(O)cc1. The van der Waals surface area contributed by atoms with Gasteiger partial charge in [0.05, 0.1) is 12.3 Å². The first kappa shape index (κ1) is 14.3. The lowest BCUT2D eigenvalue weighted by Crippen LogP contribution is -2.17. The smallest absolute Gasteiger partial charge is 0.319 e. The van der Waals surface area contributed by atoms with E-state index in [2.05, 4.69) is 15.5 Å². The van der Waals surface area contributed by atoms with Crippen molar-refractivity contribution < 1.29 is 14.6 Å².